The van der Waals surface area contributed by atoms with Crippen LogP contribution in [-0.2, 0) is 0 Å². The quantitative estimate of drug-likeness (QED) is 0.749. The van der Waals surface area contributed by atoms with E-state index in [4.69, 9.17) is 16.3 Å². The molecule has 0 atom stereocenters. The lowest BCUT2D eigenvalue weighted by molar-refractivity contribution is 0.112. The van der Waals surface area contributed by atoms with Crippen LogP contribution in [0.15, 0.2) is 48.5 Å². The number of ether oxygens (including phenoxy) is 1. The molecule has 16 heavy (non-hydrogen) atoms. The molecule has 2 nitrogen and oxygen atoms in total. The van der Waals surface area contributed by atoms with Crippen molar-refractivity contribution in [1.82, 2.24) is 0 Å². The number of hydrogen-bond donors (Lipinski definition) is 0. The zero-order valence-electron chi connectivity index (χ0n) is 8.39. The summed E-state index contributed by atoms with van der Waals surface area (Å²) in [5.41, 5.74) is 0.537. The van der Waals surface area contributed by atoms with Crippen LogP contribution < -0.4 is 4.74 Å². The number of aldehydes is 1. The van der Waals surface area contributed by atoms with E-state index < -0.39 is 0 Å². The number of para-hydroxylation sites is 1. The molecule has 0 saturated carbocycles. The Bertz CT molecular complexity index is 495. The molecule has 0 spiro atoms. The summed E-state index contributed by atoms with van der Waals surface area (Å²) in [6.45, 7) is 0. The smallest absolute Gasteiger partial charge is 0.150 e. The monoisotopic (exact) mass is 232 g/mol. The van der Waals surface area contributed by atoms with Crippen LogP contribution in [0.4, 0.5) is 0 Å². The van der Waals surface area contributed by atoms with E-state index in [2.05, 4.69) is 0 Å². The summed E-state index contributed by atoms with van der Waals surface area (Å²) in [7, 11) is 0. The molecule has 0 aliphatic carbocycles. The number of carbonyl (C=O) groups excluding carboxylic acids is 1. The van der Waals surface area contributed by atoms with E-state index in [0.29, 0.717) is 22.1 Å². The fourth-order valence-electron chi connectivity index (χ4n) is 1.29. The van der Waals surface area contributed by atoms with Crippen molar-refractivity contribution in [1.29, 1.82) is 0 Å². The van der Waals surface area contributed by atoms with Gasteiger partial charge in [-0.25, -0.2) is 0 Å². The highest BCUT2D eigenvalue weighted by Crippen LogP contribution is 2.29. The summed E-state index contributed by atoms with van der Waals surface area (Å²) in [5.74, 6) is 1.17. The van der Waals surface area contributed by atoms with Crippen LogP contribution in [0.2, 0.25) is 5.02 Å². The van der Waals surface area contributed by atoms with Crippen LogP contribution >= 0.6 is 11.6 Å². The average molecular weight is 233 g/mol. The molecule has 0 heterocycles. The second-order valence-electron chi connectivity index (χ2n) is 3.22. The van der Waals surface area contributed by atoms with E-state index in [0.717, 1.165) is 6.29 Å². The third-order valence-electron chi connectivity index (χ3n) is 2.06. The molecule has 0 aliphatic heterocycles. The van der Waals surface area contributed by atoms with Gasteiger partial charge in [0.05, 0.1) is 5.02 Å². The van der Waals surface area contributed by atoms with Gasteiger partial charge in [-0.2, -0.15) is 0 Å². The van der Waals surface area contributed by atoms with Gasteiger partial charge in [0.1, 0.15) is 17.8 Å². The summed E-state index contributed by atoms with van der Waals surface area (Å²) >= 11 is 5.96. The van der Waals surface area contributed by atoms with Crippen LogP contribution in [0.1, 0.15) is 10.4 Å². The van der Waals surface area contributed by atoms with Gasteiger partial charge in [-0.05, 0) is 30.3 Å². The molecule has 3 heteroatoms. The maximum atomic E-state index is 10.6. The molecule has 2 rings (SSSR count). The number of halogens is 1. The third-order valence-corrected chi connectivity index (χ3v) is 2.37. The lowest BCUT2D eigenvalue weighted by Gasteiger charge is -2.07. The minimum Gasteiger partial charge on any atom is -0.456 e. The third kappa shape index (κ3) is 2.41. The summed E-state index contributed by atoms with van der Waals surface area (Å²) in [4.78, 5) is 10.6. The number of rotatable bonds is 3. The minimum absolute atomic E-state index is 0.481. The molecule has 80 valence electrons. The molecule has 0 unspecified atom stereocenters. The molecule has 0 amide bonds. The molecular weight excluding hydrogens is 224 g/mol. The zero-order valence-corrected chi connectivity index (χ0v) is 9.15. The van der Waals surface area contributed by atoms with Crippen LogP contribution in [0, 0.1) is 0 Å². The van der Waals surface area contributed by atoms with Crippen LogP contribution in [0.5, 0.6) is 11.5 Å². The van der Waals surface area contributed by atoms with Crippen molar-refractivity contribution >= 4 is 17.9 Å². The van der Waals surface area contributed by atoms with E-state index in [-0.39, 0.29) is 0 Å². The van der Waals surface area contributed by atoms with Gasteiger partial charge in [0.2, 0.25) is 0 Å². The van der Waals surface area contributed by atoms with Gasteiger partial charge in [-0.1, -0.05) is 29.8 Å². The van der Waals surface area contributed by atoms with Gasteiger partial charge in [0.15, 0.2) is 0 Å². The normalized spacial score (nSPS) is 9.81. The maximum Gasteiger partial charge on any atom is 0.150 e. The van der Waals surface area contributed by atoms with E-state index in [9.17, 15) is 4.79 Å². The SMILES string of the molecule is O=Cc1ccc(Cl)c(Oc2ccccc2)c1. The second kappa shape index (κ2) is 4.81. The van der Waals surface area contributed by atoms with Gasteiger partial charge >= 0.3 is 0 Å². The molecule has 0 radical (unpaired) electrons. The first-order valence-corrected chi connectivity index (χ1v) is 5.15. The van der Waals surface area contributed by atoms with Crippen molar-refractivity contribution in [3.63, 3.8) is 0 Å². The molecule has 0 N–H and O–H groups in total. The van der Waals surface area contributed by atoms with Gasteiger partial charge in [0.25, 0.3) is 0 Å². The van der Waals surface area contributed by atoms with Crippen molar-refractivity contribution in [2.24, 2.45) is 0 Å². The largest absolute Gasteiger partial charge is 0.456 e. The van der Waals surface area contributed by atoms with Gasteiger partial charge in [-0.3, -0.25) is 4.79 Å². The number of benzene rings is 2. The first-order chi connectivity index (χ1) is 7.79. The fraction of sp³-hybridized carbons (Fsp3) is 0. The van der Waals surface area contributed by atoms with E-state index in [1.165, 1.54) is 0 Å². The second-order valence-corrected chi connectivity index (χ2v) is 3.63. The Kier molecular flexibility index (Phi) is 3.22. The van der Waals surface area contributed by atoms with Crippen molar-refractivity contribution in [2.45, 2.75) is 0 Å². The van der Waals surface area contributed by atoms with Gasteiger partial charge in [-0.15, -0.1) is 0 Å². The Morgan fingerprint density at radius 2 is 1.81 bits per heavy atom. The Labute approximate surface area is 98.4 Å². The van der Waals surface area contributed by atoms with Crippen molar-refractivity contribution in [3.8, 4) is 11.5 Å². The Hall–Kier alpha value is -1.80. The predicted octanol–water partition coefficient (Wildman–Crippen LogP) is 3.94. The molecule has 0 saturated heterocycles. The molecule has 2 aromatic carbocycles. The molecule has 0 fully saturated rings. The Balaban J connectivity index is 2.30. The molecular formula is C13H9ClO2. The first-order valence-electron chi connectivity index (χ1n) is 4.77. The number of carbonyl (C=O) groups is 1. The predicted molar refractivity (Wildman–Crippen MR) is 63.4 cm³/mol. The van der Waals surface area contributed by atoms with Crippen LogP contribution in [0.25, 0.3) is 0 Å². The van der Waals surface area contributed by atoms with Crippen molar-refractivity contribution in [3.05, 3.63) is 59.1 Å². The van der Waals surface area contributed by atoms with Gasteiger partial charge in [0, 0.05) is 5.56 Å². The Morgan fingerprint density at radius 3 is 2.50 bits per heavy atom. The van der Waals surface area contributed by atoms with E-state index in [1.807, 2.05) is 30.3 Å². The molecule has 0 aliphatic rings. The fourth-order valence-corrected chi connectivity index (χ4v) is 1.44. The lowest BCUT2D eigenvalue weighted by atomic mass is 10.2. The highest BCUT2D eigenvalue weighted by Gasteiger charge is 2.04. The van der Waals surface area contributed by atoms with E-state index >= 15 is 0 Å². The highest BCUT2D eigenvalue weighted by atomic mass is 35.5. The standard InChI is InChI=1S/C13H9ClO2/c14-12-7-6-10(9-15)8-13(12)16-11-4-2-1-3-5-11/h1-9H. The highest BCUT2D eigenvalue weighted by molar-refractivity contribution is 6.32. The summed E-state index contributed by atoms with van der Waals surface area (Å²) < 4.78 is 5.56. The average Bonchev–Trinajstić information content (AvgIpc) is 2.33. The first kappa shape index (κ1) is 10.7. The summed E-state index contributed by atoms with van der Waals surface area (Å²) in [5, 5.41) is 0.481. The minimum atomic E-state index is 0.481. The van der Waals surface area contributed by atoms with Crippen molar-refractivity contribution < 1.29 is 9.53 Å². The lowest BCUT2D eigenvalue weighted by Crippen LogP contribution is -1.87. The van der Waals surface area contributed by atoms with Crippen LogP contribution in [-0.4, -0.2) is 6.29 Å². The number of hydrogen-bond acceptors (Lipinski definition) is 2. The van der Waals surface area contributed by atoms with Crippen LogP contribution in [0.3, 0.4) is 0 Å². The molecule has 0 aromatic heterocycles. The Morgan fingerprint density at radius 1 is 1.06 bits per heavy atom. The maximum absolute atomic E-state index is 10.6. The van der Waals surface area contributed by atoms with Gasteiger partial charge < -0.3 is 4.74 Å². The topological polar surface area (TPSA) is 26.3 Å². The molecule has 0 bridgehead atoms. The molecule has 2 aromatic rings. The zero-order chi connectivity index (χ0) is 11.4. The summed E-state index contributed by atoms with van der Waals surface area (Å²) in [6.07, 6.45) is 0.758. The van der Waals surface area contributed by atoms with Crippen molar-refractivity contribution in [2.75, 3.05) is 0 Å². The summed E-state index contributed by atoms with van der Waals surface area (Å²) in [6, 6.07) is 14.2. The van der Waals surface area contributed by atoms with E-state index in [1.54, 1.807) is 18.2 Å².